The maximum atomic E-state index is 5.03. The summed E-state index contributed by atoms with van der Waals surface area (Å²) in [6, 6.07) is 152. The summed E-state index contributed by atoms with van der Waals surface area (Å²) < 4.78 is 0. The van der Waals surface area contributed by atoms with Crippen LogP contribution in [0.15, 0.2) is 425 Å². The smallest absolute Gasteiger partial charge is 0.164 e. The SMILES string of the molecule is c1ccc(-c2nc(-c3ccccc3)nc(-c3cccc(-c4cccc(-c5cccc6c5-c5ccccc5C65c6ccccc6-c6c(-c7ccccc7)cccc65)c4)c3)n2)cc1.c1ccc(-c2nc(-c3ccccc3)nc(-c3cccc(-c4cccc(-c5cccc6c5-c5ccccc5C65c6ccccc6-c6ccccc65)c4)c3)n2)cc1. The third kappa shape index (κ3) is 10.9. The molecule has 0 amide bonds. The van der Waals surface area contributed by atoms with Gasteiger partial charge in [-0.3, -0.25) is 0 Å². The molecule has 1 atom stereocenters. The summed E-state index contributed by atoms with van der Waals surface area (Å²) in [6.07, 6.45) is 0. The van der Waals surface area contributed by atoms with Crippen molar-refractivity contribution in [3.05, 3.63) is 469 Å². The van der Waals surface area contributed by atoms with Crippen LogP contribution in [0.2, 0.25) is 0 Å². The summed E-state index contributed by atoms with van der Waals surface area (Å²) in [5.41, 5.74) is 37.8. The van der Waals surface area contributed by atoms with Gasteiger partial charge in [0.2, 0.25) is 0 Å². The summed E-state index contributed by atoms with van der Waals surface area (Å²) in [6.45, 7) is 0. The van der Waals surface area contributed by atoms with E-state index in [0.29, 0.717) is 34.9 Å². The number of fused-ring (bicyclic) bond motifs is 20. The first-order valence-corrected chi connectivity index (χ1v) is 39.6. The number of aromatic nitrogens is 6. The molecule has 0 N–H and O–H groups in total. The zero-order chi connectivity index (χ0) is 76.7. The van der Waals surface area contributed by atoms with E-state index in [4.69, 9.17) is 29.9 Å². The lowest BCUT2D eigenvalue weighted by atomic mass is 9.70. The van der Waals surface area contributed by atoms with Crippen LogP contribution in [0.3, 0.4) is 0 Å². The Morgan fingerprint density at radius 3 is 0.612 bits per heavy atom. The molecule has 1 unspecified atom stereocenters. The second-order valence-corrected chi connectivity index (χ2v) is 30.2. The normalized spacial score (nSPS) is 13.6. The molecule has 4 aliphatic rings. The highest BCUT2D eigenvalue weighted by molar-refractivity contribution is 6.04. The van der Waals surface area contributed by atoms with E-state index in [-0.39, 0.29) is 5.41 Å². The monoisotopic (exact) mass is 1470 g/mol. The van der Waals surface area contributed by atoms with Crippen molar-refractivity contribution in [3.8, 4) is 168 Å². The van der Waals surface area contributed by atoms with Crippen LogP contribution in [-0.4, -0.2) is 29.9 Å². The zero-order valence-corrected chi connectivity index (χ0v) is 63.1. The van der Waals surface area contributed by atoms with Gasteiger partial charge in [-0.15, -0.1) is 0 Å². The van der Waals surface area contributed by atoms with Crippen molar-refractivity contribution in [2.24, 2.45) is 0 Å². The van der Waals surface area contributed by atoms with E-state index in [0.717, 1.165) is 55.6 Å². The van der Waals surface area contributed by atoms with Crippen molar-refractivity contribution in [2.75, 3.05) is 0 Å². The molecule has 2 aromatic heterocycles. The molecule has 0 bridgehead atoms. The summed E-state index contributed by atoms with van der Waals surface area (Å²) in [5, 5.41) is 0. The van der Waals surface area contributed by atoms with Crippen LogP contribution in [0, 0.1) is 0 Å². The Morgan fingerprint density at radius 2 is 0.302 bits per heavy atom. The maximum Gasteiger partial charge on any atom is 0.164 e. The van der Waals surface area contributed by atoms with Crippen molar-refractivity contribution in [3.63, 3.8) is 0 Å². The zero-order valence-electron chi connectivity index (χ0n) is 63.1. The Hall–Kier alpha value is -15.2. The Morgan fingerprint density at radius 1 is 0.121 bits per heavy atom. The predicted molar refractivity (Wildman–Crippen MR) is 472 cm³/mol. The van der Waals surface area contributed by atoms with Crippen molar-refractivity contribution in [2.45, 2.75) is 10.8 Å². The highest BCUT2D eigenvalue weighted by Gasteiger charge is 2.54. The predicted octanol–water partition coefficient (Wildman–Crippen LogP) is 26.8. The maximum absolute atomic E-state index is 5.03. The largest absolute Gasteiger partial charge is 0.208 e. The third-order valence-corrected chi connectivity index (χ3v) is 23.9. The highest BCUT2D eigenvalue weighted by atomic mass is 15.0. The van der Waals surface area contributed by atoms with E-state index in [1.165, 1.54) is 122 Å². The van der Waals surface area contributed by atoms with Gasteiger partial charge in [-0.1, -0.05) is 400 Å². The lowest BCUT2D eigenvalue weighted by Crippen LogP contribution is -2.25. The van der Waals surface area contributed by atoms with Crippen molar-refractivity contribution < 1.29 is 0 Å². The molecular formula is C110H70N6. The number of nitrogens with zero attached hydrogens (tertiary/aromatic N) is 6. The molecule has 2 spiro atoms. The molecule has 0 radical (unpaired) electrons. The molecule has 2 heterocycles. The summed E-state index contributed by atoms with van der Waals surface area (Å²) in [7, 11) is 0. The van der Waals surface area contributed by atoms with Crippen LogP contribution in [0.4, 0.5) is 0 Å². The highest BCUT2D eigenvalue weighted by Crippen LogP contribution is 2.67. The van der Waals surface area contributed by atoms with E-state index in [1.54, 1.807) is 0 Å². The lowest BCUT2D eigenvalue weighted by molar-refractivity contribution is 0.794. The van der Waals surface area contributed by atoms with Gasteiger partial charge in [0.15, 0.2) is 34.9 Å². The summed E-state index contributed by atoms with van der Waals surface area (Å²) >= 11 is 0. The van der Waals surface area contributed by atoms with E-state index in [9.17, 15) is 0 Å². The molecule has 4 aliphatic carbocycles. The molecule has 0 saturated heterocycles. The third-order valence-electron chi connectivity index (χ3n) is 23.9. The van der Waals surface area contributed by atoms with Crippen molar-refractivity contribution in [1.82, 2.24) is 29.9 Å². The van der Waals surface area contributed by atoms with Gasteiger partial charge in [-0.25, -0.2) is 29.9 Å². The van der Waals surface area contributed by atoms with Gasteiger partial charge in [-0.05, 0) is 169 Å². The molecule has 17 aromatic carbocycles. The number of hydrogen-bond acceptors (Lipinski definition) is 6. The standard InChI is InChI=1S/C58H37N3.C52H33N3/c1-4-18-38(19-5-1)45-30-16-34-51-53(45)47-28-10-12-32-49(47)58(51)50-33-13-11-29-48(50)54-46(31-17-35-52(54)58)43-26-14-24-41(36-43)42-25-15-27-44(37-42)57-60-55(39-20-6-2-7-21-39)59-56(61-57)40-22-8-3-9-23-40;1-3-16-34(17-4-1)49-53-50(35-18-5-2-6-19-35)55-51(54-49)39-23-14-21-37(33-39)36-20-13-22-38(32-36)40-27-15-31-47-48(40)43-26-9-12-30-46(43)52(47)44-28-10-7-24-41(44)42-25-8-11-29-45(42)52/h1-37H;1-33H. The van der Waals surface area contributed by atoms with Crippen LogP contribution >= 0.6 is 0 Å². The molecule has 116 heavy (non-hydrogen) atoms. The Kier molecular flexibility index (Phi) is 16.3. The van der Waals surface area contributed by atoms with Gasteiger partial charge < -0.3 is 0 Å². The number of hydrogen-bond donors (Lipinski definition) is 0. The minimum Gasteiger partial charge on any atom is -0.208 e. The molecule has 0 aliphatic heterocycles. The Bertz CT molecular complexity index is 6920. The molecule has 0 saturated carbocycles. The van der Waals surface area contributed by atoms with Crippen LogP contribution < -0.4 is 0 Å². The van der Waals surface area contributed by atoms with E-state index in [2.05, 4.69) is 303 Å². The molecule has 0 fully saturated rings. The van der Waals surface area contributed by atoms with E-state index >= 15 is 0 Å². The van der Waals surface area contributed by atoms with Crippen LogP contribution in [0.25, 0.3) is 168 Å². The summed E-state index contributed by atoms with van der Waals surface area (Å²) in [4.78, 5) is 29.9. The van der Waals surface area contributed by atoms with Gasteiger partial charge in [-0.2, -0.15) is 0 Å². The molecular weight excluding hydrogens is 1410 g/mol. The Balaban J connectivity index is 0.000000141. The van der Waals surface area contributed by atoms with Crippen LogP contribution in [0.5, 0.6) is 0 Å². The van der Waals surface area contributed by atoms with E-state index in [1.807, 2.05) is 121 Å². The van der Waals surface area contributed by atoms with Gasteiger partial charge in [0.05, 0.1) is 10.8 Å². The van der Waals surface area contributed by atoms with E-state index < -0.39 is 5.41 Å². The van der Waals surface area contributed by atoms with Crippen molar-refractivity contribution >= 4 is 0 Å². The second-order valence-electron chi connectivity index (χ2n) is 30.2. The fraction of sp³-hybridized carbons (Fsp3) is 0.0182. The fourth-order valence-electron chi connectivity index (χ4n) is 19.0. The average Bonchev–Trinajstić information content (AvgIpc) is 1.51. The number of benzene rings is 17. The average molecular weight is 1480 g/mol. The first-order valence-electron chi connectivity index (χ1n) is 39.6. The topological polar surface area (TPSA) is 77.3 Å². The first-order chi connectivity index (χ1) is 57.5. The molecule has 23 rings (SSSR count). The minimum absolute atomic E-state index is 0.372. The second kappa shape index (κ2) is 27.9. The quantitative estimate of drug-likeness (QED) is 0.128. The first kappa shape index (κ1) is 67.6. The van der Waals surface area contributed by atoms with Gasteiger partial charge in [0.1, 0.15) is 0 Å². The van der Waals surface area contributed by atoms with Crippen molar-refractivity contribution in [1.29, 1.82) is 0 Å². The number of rotatable bonds is 11. The minimum atomic E-state index is -0.452. The fourth-order valence-corrected chi connectivity index (χ4v) is 19.0. The Labute approximate surface area is 673 Å². The van der Waals surface area contributed by atoms with Gasteiger partial charge >= 0.3 is 0 Å². The molecule has 19 aromatic rings. The summed E-state index contributed by atoms with van der Waals surface area (Å²) in [5.74, 6) is 3.89. The molecule has 6 nitrogen and oxygen atoms in total. The van der Waals surface area contributed by atoms with Crippen LogP contribution in [-0.2, 0) is 10.8 Å². The molecule has 6 heteroatoms. The van der Waals surface area contributed by atoms with Crippen LogP contribution in [0.1, 0.15) is 44.5 Å². The lowest BCUT2D eigenvalue weighted by Gasteiger charge is -2.30. The van der Waals surface area contributed by atoms with Gasteiger partial charge in [0.25, 0.3) is 0 Å². The van der Waals surface area contributed by atoms with Gasteiger partial charge in [0, 0.05) is 33.4 Å². The molecule has 540 valence electrons.